The molecule has 5 rings (SSSR count). The molecule has 0 saturated heterocycles. The predicted molar refractivity (Wildman–Crippen MR) is 106 cm³/mol. The predicted octanol–water partition coefficient (Wildman–Crippen LogP) is 0.934. The van der Waals surface area contributed by atoms with Gasteiger partial charge in [0.1, 0.15) is 0 Å². The summed E-state index contributed by atoms with van der Waals surface area (Å²) in [5, 5.41) is 4.36. The molecule has 1 aromatic heterocycles. The Morgan fingerprint density at radius 2 is 1.83 bits per heavy atom. The Hall–Kier alpha value is -2.52. The van der Waals surface area contributed by atoms with Crippen LogP contribution in [0.4, 0.5) is 5.69 Å². The highest BCUT2D eigenvalue weighted by Crippen LogP contribution is 2.39. The summed E-state index contributed by atoms with van der Waals surface area (Å²) in [6, 6.07) is 6.58. The number of hydrogen-bond acceptors (Lipinski definition) is 5. The van der Waals surface area contributed by atoms with Gasteiger partial charge >= 0.3 is 0 Å². The monoisotopic (exact) mass is 414 g/mol. The first-order valence-electron chi connectivity index (χ1n) is 9.96. The van der Waals surface area contributed by atoms with Crippen LogP contribution in [0.3, 0.4) is 0 Å². The van der Waals surface area contributed by atoms with Gasteiger partial charge in [0.05, 0.1) is 22.8 Å². The first-order valence-corrected chi connectivity index (χ1v) is 11.4. The number of hydrogen-bond donors (Lipinski definition) is 1. The third kappa shape index (κ3) is 3.38. The van der Waals surface area contributed by atoms with Gasteiger partial charge in [0.15, 0.2) is 0 Å². The number of benzene rings is 1. The Morgan fingerprint density at radius 1 is 1.07 bits per heavy atom. The summed E-state index contributed by atoms with van der Waals surface area (Å²) in [5.74, 6) is 0.532. The highest BCUT2D eigenvalue weighted by atomic mass is 32.2. The summed E-state index contributed by atoms with van der Waals surface area (Å²) in [6.45, 7) is 0.878. The fourth-order valence-corrected chi connectivity index (χ4v) is 5.29. The Labute approximate surface area is 168 Å². The second-order valence-corrected chi connectivity index (χ2v) is 9.64. The summed E-state index contributed by atoms with van der Waals surface area (Å²) < 4.78 is 29.6. The molecule has 9 heteroatoms. The maximum Gasteiger partial charge on any atom is 0.266 e. The van der Waals surface area contributed by atoms with Gasteiger partial charge in [-0.3, -0.25) is 9.59 Å². The van der Waals surface area contributed by atoms with Crippen molar-refractivity contribution in [1.82, 2.24) is 14.5 Å². The molecule has 1 N–H and O–H groups in total. The van der Waals surface area contributed by atoms with Crippen LogP contribution < -0.4 is 15.2 Å². The highest BCUT2D eigenvalue weighted by molar-refractivity contribution is 7.89. The van der Waals surface area contributed by atoms with Gasteiger partial charge in [0, 0.05) is 31.5 Å². The van der Waals surface area contributed by atoms with E-state index >= 15 is 0 Å². The number of amides is 1. The first-order chi connectivity index (χ1) is 13.9. The van der Waals surface area contributed by atoms with E-state index in [0.29, 0.717) is 31.7 Å². The minimum Gasteiger partial charge on any atom is -0.312 e. The number of nitrogens with zero attached hydrogens (tertiary/aromatic N) is 3. The third-order valence-electron chi connectivity index (χ3n) is 5.83. The lowest BCUT2D eigenvalue weighted by Crippen LogP contribution is -2.33. The molecule has 0 unspecified atom stereocenters. The van der Waals surface area contributed by atoms with Gasteiger partial charge in [-0.15, -0.1) is 0 Å². The van der Waals surface area contributed by atoms with Gasteiger partial charge in [-0.25, -0.2) is 17.8 Å². The number of sulfonamides is 1. The minimum atomic E-state index is -3.72. The largest absolute Gasteiger partial charge is 0.312 e. The van der Waals surface area contributed by atoms with Crippen LogP contribution in [0, 0.1) is 0 Å². The quantitative estimate of drug-likeness (QED) is 0.758. The fraction of sp³-hybridized carbons (Fsp3) is 0.450. The smallest absolute Gasteiger partial charge is 0.266 e. The molecule has 0 atom stereocenters. The average Bonchev–Trinajstić information content (AvgIpc) is 3.45. The van der Waals surface area contributed by atoms with Crippen LogP contribution in [0.25, 0.3) is 0 Å². The van der Waals surface area contributed by atoms with E-state index in [0.717, 1.165) is 35.3 Å². The first kappa shape index (κ1) is 18.5. The lowest BCUT2D eigenvalue weighted by molar-refractivity contribution is -0.118. The highest BCUT2D eigenvalue weighted by Gasteiger charge is 2.33. The van der Waals surface area contributed by atoms with Gasteiger partial charge in [-0.2, -0.15) is 5.10 Å². The molecule has 8 nitrogen and oxygen atoms in total. The van der Waals surface area contributed by atoms with E-state index in [1.807, 2.05) is 0 Å². The lowest BCUT2D eigenvalue weighted by Gasteiger charge is -2.25. The van der Waals surface area contributed by atoms with Crippen LogP contribution >= 0.6 is 0 Å². The number of aryl methyl sites for hydroxylation is 1. The van der Waals surface area contributed by atoms with Crippen LogP contribution in [-0.2, 0) is 34.2 Å². The van der Waals surface area contributed by atoms with Crippen LogP contribution in [0.2, 0.25) is 0 Å². The molecule has 0 bridgehead atoms. The van der Waals surface area contributed by atoms with Crippen molar-refractivity contribution in [3.8, 4) is 0 Å². The molecular formula is C20H22N4O4S. The molecule has 1 saturated carbocycles. The van der Waals surface area contributed by atoms with Crippen molar-refractivity contribution in [2.75, 3.05) is 18.0 Å². The van der Waals surface area contributed by atoms with Gasteiger partial charge in [0.2, 0.25) is 15.9 Å². The molecule has 0 spiro atoms. The number of aromatic nitrogens is 2. The van der Waals surface area contributed by atoms with Crippen LogP contribution in [0.5, 0.6) is 0 Å². The van der Waals surface area contributed by atoms with Gasteiger partial charge in [-0.1, -0.05) is 0 Å². The molecule has 1 aromatic carbocycles. The summed E-state index contributed by atoms with van der Waals surface area (Å²) in [7, 11) is -3.72. The van der Waals surface area contributed by atoms with Crippen molar-refractivity contribution in [3.63, 3.8) is 0 Å². The fourth-order valence-electron chi connectivity index (χ4n) is 4.17. The van der Waals surface area contributed by atoms with Crippen LogP contribution in [0.1, 0.15) is 42.0 Å². The van der Waals surface area contributed by atoms with E-state index in [1.54, 1.807) is 23.1 Å². The maximum absolute atomic E-state index is 12.8. The number of rotatable bonds is 6. The normalized spacial score (nSPS) is 18.2. The van der Waals surface area contributed by atoms with Crippen molar-refractivity contribution in [3.05, 3.63) is 51.4 Å². The zero-order valence-corrected chi connectivity index (χ0v) is 16.7. The standard InChI is InChI=1S/C20H22N4O4S/c25-18-5-3-14-11-16(12-15-7-9-23(18)20(14)15)29(27,28)21-8-10-24-19(26)6-4-17(22-24)13-1-2-13/h4,6,11-13,21H,1-3,5,7-10H2. The van der Waals surface area contributed by atoms with Crippen LogP contribution in [-0.4, -0.2) is 37.2 Å². The molecule has 3 aliphatic rings. The number of nitrogens with one attached hydrogen (secondary N) is 1. The van der Waals surface area contributed by atoms with Crippen molar-refractivity contribution < 1.29 is 13.2 Å². The summed E-state index contributed by atoms with van der Waals surface area (Å²) in [4.78, 5) is 26.0. The number of carbonyl (C=O) groups excluding carboxylic acids is 1. The molecule has 2 aliphatic heterocycles. The molecule has 152 valence electrons. The minimum absolute atomic E-state index is 0.0837. The van der Waals surface area contributed by atoms with E-state index in [2.05, 4.69) is 9.82 Å². The topological polar surface area (TPSA) is 101 Å². The summed E-state index contributed by atoms with van der Waals surface area (Å²) >= 11 is 0. The molecule has 1 amide bonds. The van der Waals surface area contributed by atoms with Crippen molar-refractivity contribution in [2.24, 2.45) is 0 Å². The van der Waals surface area contributed by atoms with Gasteiger partial charge in [-0.05, 0) is 55.0 Å². The van der Waals surface area contributed by atoms with E-state index in [-0.39, 0.29) is 29.5 Å². The van der Waals surface area contributed by atoms with E-state index in [9.17, 15) is 18.0 Å². The van der Waals surface area contributed by atoms with Gasteiger partial charge in [0.25, 0.3) is 5.56 Å². The Morgan fingerprint density at radius 3 is 2.59 bits per heavy atom. The molecule has 0 radical (unpaired) electrons. The Kier molecular flexibility index (Phi) is 4.32. The molecule has 29 heavy (non-hydrogen) atoms. The molecule has 2 aromatic rings. The average molecular weight is 414 g/mol. The number of carbonyl (C=O) groups is 1. The SMILES string of the molecule is O=C1CCc2cc(S(=O)(=O)NCCn3nc(C4CC4)ccc3=O)cc3c2N1CC3. The van der Waals surface area contributed by atoms with Crippen molar-refractivity contribution in [2.45, 2.75) is 49.5 Å². The second-order valence-electron chi connectivity index (χ2n) is 7.88. The van der Waals surface area contributed by atoms with Gasteiger partial charge < -0.3 is 4.90 Å². The summed E-state index contributed by atoms with van der Waals surface area (Å²) in [5.41, 5.74) is 3.37. The maximum atomic E-state index is 12.8. The molecule has 1 aliphatic carbocycles. The second kappa shape index (κ2) is 6.77. The van der Waals surface area contributed by atoms with E-state index < -0.39 is 10.0 Å². The van der Waals surface area contributed by atoms with Crippen molar-refractivity contribution >= 4 is 21.6 Å². The number of anilines is 1. The molecular weight excluding hydrogens is 392 g/mol. The Bertz CT molecular complexity index is 1170. The zero-order valence-electron chi connectivity index (χ0n) is 15.9. The lowest BCUT2D eigenvalue weighted by atomic mass is 10.00. The van der Waals surface area contributed by atoms with E-state index in [4.69, 9.17) is 0 Å². The summed E-state index contributed by atoms with van der Waals surface area (Å²) in [6.07, 6.45) is 3.82. The zero-order chi connectivity index (χ0) is 20.2. The van der Waals surface area contributed by atoms with Crippen LogP contribution in [0.15, 0.2) is 34.0 Å². The molecule has 3 heterocycles. The molecule has 1 fully saturated rings. The Balaban J connectivity index is 1.33. The third-order valence-corrected chi connectivity index (χ3v) is 7.27. The van der Waals surface area contributed by atoms with E-state index in [1.165, 1.54) is 10.7 Å². The van der Waals surface area contributed by atoms with Crippen molar-refractivity contribution in [1.29, 1.82) is 0 Å².